The summed E-state index contributed by atoms with van der Waals surface area (Å²) in [6, 6.07) is 86.1. The van der Waals surface area contributed by atoms with Gasteiger partial charge in [0, 0.05) is 26.8 Å². The maximum Gasteiger partial charge on any atom is 0.0646 e. The minimum absolute atomic E-state index is 1.10. The minimum atomic E-state index is 1.10. The number of rotatable bonds is 8. The Hall–Kier alpha value is -7.52. The Bertz CT molecular complexity index is 3280. The molecule has 282 valence electrons. The molecule has 1 aromatic heterocycles. The third kappa shape index (κ3) is 6.54. The maximum absolute atomic E-state index is 2.48. The molecule has 0 bridgehead atoms. The summed E-state index contributed by atoms with van der Waals surface area (Å²) in [5.41, 5.74) is 15.5. The average Bonchev–Trinajstić information content (AvgIpc) is 3.72. The van der Waals surface area contributed by atoms with Crippen LogP contribution < -0.4 is 4.90 Å². The number of hydrogen-bond donors (Lipinski definition) is 0. The van der Waals surface area contributed by atoms with Crippen LogP contribution in [0.4, 0.5) is 17.1 Å². The van der Waals surface area contributed by atoms with Gasteiger partial charge >= 0.3 is 0 Å². The fourth-order valence-electron chi connectivity index (χ4n) is 8.70. The maximum atomic E-state index is 2.48. The molecular weight excluding hydrogens is 743 g/mol. The highest BCUT2D eigenvalue weighted by molar-refractivity contribution is 7.27. The molecule has 0 radical (unpaired) electrons. The molecule has 1 heterocycles. The smallest absolute Gasteiger partial charge is 0.0646 e. The van der Waals surface area contributed by atoms with E-state index in [1.807, 2.05) is 11.3 Å². The molecule has 0 N–H and O–H groups in total. The monoisotopic (exact) mass is 781 g/mol. The molecule has 0 aliphatic carbocycles. The van der Waals surface area contributed by atoms with Gasteiger partial charge in [0.05, 0.1) is 10.4 Å². The first-order valence-electron chi connectivity index (χ1n) is 20.5. The quantitative estimate of drug-likeness (QED) is 0.148. The summed E-state index contributed by atoms with van der Waals surface area (Å²) in [5, 5.41) is 4.97. The number of hydrogen-bond acceptors (Lipinski definition) is 2. The summed E-state index contributed by atoms with van der Waals surface area (Å²) in [6.07, 6.45) is 0. The molecule has 0 saturated carbocycles. The van der Waals surface area contributed by atoms with Gasteiger partial charge in [-0.3, -0.25) is 0 Å². The van der Waals surface area contributed by atoms with Crippen molar-refractivity contribution in [2.75, 3.05) is 4.90 Å². The summed E-state index contributed by atoms with van der Waals surface area (Å²) in [4.78, 5) is 2.48. The fraction of sp³-hybridized carbons (Fsp3) is 0. The van der Waals surface area contributed by atoms with Crippen molar-refractivity contribution in [2.45, 2.75) is 0 Å². The minimum Gasteiger partial charge on any atom is -0.309 e. The van der Waals surface area contributed by atoms with E-state index >= 15 is 0 Å². The lowest BCUT2D eigenvalue weighted by molar-refractivity contribution is 1.31. The normalized spacial score (nSPS) is 11.3. The lowest BCUT2D eigenvalue weighted by Gasteiger charge is -2.27. The van der Waals surface area contributed by atoms with Crippen LogP contribution in [-0.2, 0) is 0 Å². The van der Waals surface area contributed by atoms with Crippen molar-refractivity contribution >= 4 is 59.3 Å². The van der Waals surface area contributed by atoms with Crippen LogP contribution in [0.2, 0.25) is 0 Å². The molecule has 0 aliphatic heterocycles. The van der Waals surface area contributed by atoms with Gasteiger partial charge in [0.2, 0.25) is 0 Å². The molecule has 0 amide bonds. The first kappa shape index (κ1) is 35.6. The van der Waals surface area contributed by atoms with Gasteiger partial charge in [-0.2, -0.15) is 0 Å². The molecule has 0 spiro atoms. The highest BCUT2D eigenvalue weighted by Crippen LogP contribution is 2.49. The second-order valence-corrected chi connectivity index (χ2v) is 16.3. The molecule has 0 saturated heterocycles. The van der Waals surface area contributed by atoms with Crippen LogP contribution in [0, 0.1) is 0 Å². The van der Waals surface area contributed by atoms with E-state index in [9.17, 15) is 0 Å². The topological polar surface area (TPSA) is 3.24 Å². The molecule has 1 nitrogen and oxygen atoms in total. The molecule has 11 rings (SSSR count). The van der Waals surface area contributed by atoms with Gasteiger partial charge < -0.3 is 4.90 Å². The number of nitrogens with zero attached hydrogens (tertiary/aromatic N) is 1. The summed E-state index contributed by atoms with van der Waals surface area (Å²) in [6.45, 7) is 0. The Balaban J connectivity index is 1.16. The lowest BCUT2D eigenvalue weighted by Crippen LogP contribution is -2.10. The fourth-order valence-corrected chi connectivity index (χ4v) is 10.0. The van der Waals surface area contributed by atoms with Crippen LogP contribution in [0.1, 0.15) is 0 Å². The Morgan fingerprint density at radius 3 is 1.45 bits per heavy atom. The first-order valence-corrected chi connectivity index (χ1v) is 21.3. The van der Waals surface area contributed by atoms with E-state index in [-0.39, 0.29) is 0 Å². The third-order valence-corrected chi connectivity index (χ3v) is 12.9. The zero-order chi connectivity index (χ0) is 39.8. The third-order valence-electron chi connectivity index (χ3n) is 11.6. The van der Waals surface area contributed by atoms with Crippen molar-refractivity contribution in [3.8, 4) is 55.6 Å². The van der Waals surface area contributed by atoms with Gasteiger partial charge in [-0.15, -0.1) is 11.3 Å². The molecular formula is C58H39NS. The Morgan fingerprint density at radius 2 is 0.783 bits per heavy atom. The molecule has 0 atom stereocenters. The van der Waals surface area contributed by atoms with Crippen molar-refractivity contribution in [3.05, 3.63) is 237 Å². The molecule has 11 aromatic rings. The summed E-state index contributed by atoms with van der Waals surface area (Å²) in [5.74, 6) is 0. The standard InChI is InChI=1S/C58H39NS/c1-5-16-40(17-6-1)46-25-13-26-47(36-46)42-30-33-49(34-31-42)59(50-35-32-45-24-14-27-51(54(45)39-50)43-20-9-3-10-21-43)56-38-48(41-18-7-2-8-19-41)37-55-53-29-15-28-52(57(53)60-58(55)56)44-22-11-4-12-23-44/h1-39H. The zero-order valence-corrected chi connectivity index (χ0v) is 33.7. The van der Waals surface area contributed by atoms with Crippen molar-refractivity contribution in [1.82, 2.24) is 0 Å². The molecule has 60 heavy (non-hydrogen) atoms. The molecule has 0 unspecified atom stereocenters. The second-order valence-electron chi connectivity index (χ2n) is 15.3. The highest BCUT2D eigenvalue weighted by atomic mass is 32.1. The zero-order valence-electron chi connectivity index (χ0n) is 32.9. The number of thiophene rings is 1. The van der Waals surface area contributed by atoms with Gasteiger partial charge in [0.25, 0.3) is 0 Å². The van der Waals surface area contributed by atoms with Crippen LogP contribution >= 0.6 is 11.3 Å². The number of benzene rings is 10. The lowest BCUT2D eigenvalue weighted by atomic mass is 9.96. The summed E-state index contributed by atoms with van der Waals surface area (Å²) in [7, 11) is 0. The van der Waals surface area contributed by atoms with Gasteiger partial charge in [-0.25, -0.2) is 0 Å². The largest absolute Gasteiger partial charge is 0.309 e. The van der Waals surface area contributed by atoms with E-state index in [0.717, 1.165) is 17.1 Å². The van der Waals surface area contributed by atoms with Crippen molar-refractivity contribution in [1.29, 1.82) is 0 Å². The van der Waals surface area contributed by atoms with Crippen LogP contribution in [0.25, 0.3) is 86.6 Å². The van der Waals surface area contributed by atoms with E-state index in [1.54, 1.807) is 0 Å². The number of anilines is 3. The van der Waals surface area contributed by atoms with E-state index in [0.29, 0.717) is 0 Å². The van der Waals surface area contributed by atoms with Crippen LogP contribution in [-0.4, -0.2) is 0 Å². The van der Waals surface area contributed by atoms with Crippen molar-refractivity contribution in [2.24, 2.45) is 0 Å². The second kappa shape index (κ2) is 15.3. The predicted molar refractivity (Wildman–Crippen MR) is 259 cm³/mol. The molecule has 10 aromatic carbocycles. The molecule has 0 aliphatic rings. The Labute approximate surface area is 354 Å². The Morgan fingerprint density at radius 1 is 0.267 bits per heavy atom. The van der Waals surface area contributed by atoms with Gasteiger partial charge in [0.1, 0.15) is 0 Å². The average molecular weight is 782 g/mol. The van der Waals surface area contributed by atoms with Crippen molar-refractivity contribution < 1.29 is 0 Å². The van der Waals surface area contributed by atoms with Crippen LogP contribution in [0.15, 0.2) is 237 Å². The Kier molecular flexibility index (Phi) is 9.11. The SMILES string of the molecule is c1ccc(-c2cccc(-c3ccc(N(c4ccc5cccc(-c6ccccc6)c5c4)c4cc(-c5ccccc5)cc5c4sc4c(-c6ccccc6)cccc45)cc3)c2)cc1. The van der Waals surface area contributed by atoms with E-state index in [4.69, 9.17) is 0 Å². The summed E-state index contributed by atoms with van der Waals surface area (Å²) < 4.78 is 2.55. The number of fused-ring (bicyclic) bond motifs is 4. The van der Waals surface area contributed by atoms with Crippen molar-refractivity contribution in [3.63, 3.8) is 0 Å². The van der Waals surface area contributed by atoms with Gasteiger partial charge in [-0.05, 0) is 109 Å². The summed E-state index contributed by atoms with van der Waals surface area (Å²) >= 11 is 1.89. The van der Waals surface area contributed by atoms with E-state index in [1.165, 1.54) is 86.6 Å². The predicted octanol–water partition coefficient (Wildman–Crippen LogP) is 17.0. The van der Waals surface area contributed by atoms with E-state index in [2.05, 4.69) is 241 Å². The van der Waals surface area contributed by atoms with Gasteiger partial charge in [0.15, 0.2) is 0 Å². The van der Waals surface area contributed by atoms with Crippen LogP contribution in [0.3, 0.4) is 0 Å². The van der Waals surface area contributed by atoms with E-state index < -0.39 is 0 Å². The van der Waals surface area contributed by atoms with Gasteiger partial charge in [-0.1, -0.05) is 194 Å². The van der Waals surface area contributed by atoms with Crippen LogP contribution in [0.5, 0.6) is 0 Å². The molecule has 2 heteroatoms. The molecule has 0 fully saturated rings. The highest BCUT2D eigenvalue weighted by Gasteiger charge is 2.22. The first-order chi connectivity index (χ1) is 29.7.